The molecule has 0 radical (unpaired) electrons. The van der Waals surface area contributed by atoms with E-state index < -0.39 is 0 Å². The summed E-state index contributed by atoms with van der Waals surface area (Å²) < 4.78 is 0. The van der Waals surface area contributed by atoms with Crippen LogP contribution in [0.2, 0.25) is 0 Å². The second kappa shape index (κ2) is 4.08. The Hall–Kier alpha value is -0.0400. The lowest BCUT2D eigenvalue weighted by Crippen LogP contribution is -2.56. The van der Waals surface area contributed by atoms with Gasteiger partial charge in [-0.15, -0.1) is 0 Å². The highest BCUT2D eigenvalue weighted by atomic mass is 16.3. The molecule has 0 spiro atoms. The van der Waals surface area contributed by atoms with Gasteiger partial charge in [-0.1, -0.05) is 34.6 Å². The Morgan fingerprint density at radius 1 is 0.905 bits per heavy atom. The predicted octanol–water partition coefficient (Wildman–Crippen LogP) is 4.88. The molecule has 2 unspecified atom stereocenters. The molecule has 8 atom stereocenters. The second-order valence-corrected chi connectivity index (χ2v) is 10.4. The first-order valence-corrected chi connectivity index (χ1v) is 9.39. The van der Waals surface area contributed by atoms with Crippen LogP contribution in [0.15, 0.2) is 0 Å². The summed E-state index contributed by atoms with van der Waals surface area (Å²) in [7, 11) is 0. The van der Waals surface area contributed by atoms with Crippen molar-refractivity contribution in [2.45, 2.75) is 79.2 Å². The van der Waals surface area contributed by atoms with Crippen molar-refractivity contribution >= 4 is 0 Å². The molecule has 4 aliphatic rings. The average Bonchev–Trinajstić information content (AvgIpc) is 2.91. The predicted molar refractivity (Wildman–Crippen MR) is 86.8 cm³/mol. The van der Waals surface area contributed by atoms with Gasteiger partial charge in [-0.05, 0) is 84.4 Å². The Morgan fingerprint density at radius 3 is 2.24 bits per heavy atom. The lowest BCUT2D eigenvalue weighted by molar-refractivity contribution is -0.150. The largest absolute Gasteiger partial charge is 0.392 e. The third-order valence-corrected chi connectivity index (χ3v) is 8.82. The van der Waals surface area contributed by atoms with Gasteiger partial charge in [-0.2, -0.15) is 0 Å². The minimum atomic E-state index is -0.0368. The smallest absolute Gasteiger partial charge is 0.0632 e. The molecule has 120 valence electrons. The molecule has 0 aromatic rings. The fourth-order valence-electron chi connectivity index (χ4n) is 7.20. The monoisotopic (exact) mass is 290 g/mol. The molecular weight excluding hydrogens is 256 g/mol. The molecule has 1 nitrogen and oxygen atoms in total. The molecule has 21 heavy (non-hydrogen) atoms. The van der Waals surface area contributed by atoms with Crippen LogP contribution in [0.1, 0.15) is 73.1 Å². The zero-order valence-electron chi connectivity index (χ0n) is 14.7. The lowest BCUT2D eigenvalue weighted by Gasteiger charge is -2.59. The Bertz CT molecular complexity index is 457. The summed E-state index contributed by atoms with van der Waals surface area (Å²) in [6.07, 6.45) is 8.21. The lowest BCUT2D eigenvalue weighted by atomic mass is 9.47. The number of rotatable bonds is 1. The third kappa shape index (κ3) is 1.73. The van der Waals surface area contributed by atoms with Gasteiger partial charge in [0.15, 0.2) is 0 Å². The molecular formula is C20H34O. The third-order valence-electron chi connectivity index (χ3n) is 8.82. The molecule has 0 aromatic carbocycles. The van der Waals surface area contributed by atoms with Crippen LogP contribution in [-0.4, -0.2) is 11.2 Å². The standard InChI is InChI=1S/C20H34O/c1-12(2)14-6-7-18(3)8-9-19(4)10-13-11-20(13,5)17(21)16(19)15(14)18/h12-17,21H,6-11H2,1-5H3/t13-,14?,15?,16-,17-,18+,19-,20+/m0/s1. The quantitative estimate of drug-likeness (QED) is 0.729. The first kappa shape index (κ1) is 14.5. The van der Waals surface area contributed by atoms with Gasteiger partial charge < -0.3 is 5.11 Å². The van der Waals surface area contributed by atoms with Crippen molar-refractivity contribution in [1.29, 1.82) is 0 Å². The van der Waals surface area contributed by atoms with E-state index >= 15 is 0 Å². The normalized spacial score (nSPS) is 62.1. The first-order valence-electron chi connectivity index (χ1n) is 9.39. The highest BCUT2D eigenvalue weighted by Crippen LogP contribution is 2.74. The Kier molecular flexibility index (Phi) is 2.82. The zero-order valence-corrected chi connectivity index (χ0v) is 14.7. The van der Waals surface area contributed by atoms with Gasteiger partial charge in [0.2, 0.25) is 0 Å². The van der Waals surface area contributed by atoms with Crippen molar-refractivity contribution in [3.63, 3.8) is 0 Å². The molecule has 4 saturated carbocycles. The van der Waals surface area contributed by atoms with Gasteiger partial charge in [0.05, 0.1) is 6.10 Å². The molecule has 4 rings (SSSR count). The van der Waals surface area contributed by atoms with Crippen LogP contribution >= 0.6 is 0 Å². The summed E-state index contributed by atoms with van der Waals surface area (Å²) in [6, 6.07) is 0. The van der Waals surface area contributed by atoms with E-state index in [-0.39, 0.29) is 11.5 Å². The van der Waals surface area contributed by atoms with Gasteiger partial charge >= 0.3 is 0 Å². The maximum atomic E-state index is 11.3. The summed E-state index contributed by atoms with van der Waals surface area (Å²) in [5.74, 6) is 3.76. The van der Waals surface area contributed by atoms with Gasteiger partial charge in [-0.25, -0.2) is 0 Å². The number of hydrogen-bond donors (Lipinski definition) is 1. The van der Waals surface area contributed by atoms with Crippen LogP contribution in [0.3, 0.4) is 0 Å². The van der Waals surface area contributed by atoms with E-state index in [2.05, 4.69) is 34.6 Å². The first-order chi connectivity index (χ1) is 9.71. The van der Waals surface area contributed by atoms with E-state index in [9.17, 15) is 5.11 Å². The summed E-state index contributed by atoms with van der Waals surface area (Å²) >= 11 is 0. The molecule has 4 aliphatic carbocycles. The van der Waals surface area contributed by atoms with Crippen molar-refractivity contribution < 1.29 is 5.11 Å². The van der Waals surface area contributed by atoms with Crippen LogP contribution in [0.4, 0.5) is 0 Å². The van der Waals surface area contributed by atoms with Crippen molar-refractivity contribution in [2.24, 2.45) is 45.8 Å². The van der Waals surface area contributed by atoms with Crippen molar-refractivity contribution in [2.75, 3.05) is 0 Å². The summed E-state index contributed by atoms with van der Waals surface area (Å²) in [5, 5.41) is 11.3. The Morgan fingerprint density at radius 2 is 1.57 bits per heavy atom. The van der Waals surface area contributed by atoms with E-state index in [0.29, 0.717) is 16.7 Å². The van der Waals surface area contributed by atoms with E-state index in [4.69, 9.17) is 0 Å². The Balaban J connectivity index is 1.76. The molecule has 0 aromatic heterocycles. The molecule has 0 saturated heterocycles. The maximum absolute atomic E-state index is 11.3. The number of hydrogen-bond acceptors (Lipinski definition) is 1. The molecule has 0 aliphatic heterocycles. The van der Waals surface area contributed by atoms with Gasteiger partial charge in [0.25, 0.3) is 0 Å². The van der Waals surface area contributed by atoms with Crippen molar-refractivity contribution in [3.05, 3.63) is 0 Å². The topological polar surface area (TPSA) is 20.2 Å². The molecule has 4 fully saturated rings. The highest BCUT2D eigenvalue weighted by molar-refractivity contribution is 5.19. The van der Waals surface area contributed by atoms with Crippen LogP contribution in [0, 0.1) is 45.8 Å². The average molecular weight is 290 g/mol. The fourth-order valence-corrected chi connectivity index (χ4v) is 7.20. The van der Waals surface area contributed by atoms with E-state index in [1.165, 1.54) is 38.5 Å². The molecule has 1 heteroatoms. The van der Waals surface area contributed by atoms with Crippen LogP contribution in [-0.2, 0) is 0 Å². The van der Waals surface area contributed by atoms with Crippen LogP contribution in [0.25, 0.3) is 0 Å². The summed E-state index contributed by atoms with van der Waals surface area (Å²) in [4.78, 5) is 0. The van der Waals surface area contributed by atoms with Gasteiger partial charge in [-0.3, -0.25) is 0 Å². The second-order valence-electron chi connectivity index (χ2n) is 10.4. The highest BCUT2D eigenvalue weighted by Gasteiger charge is 2.70. The van der Waals surface area contributed by atoms with Gasteiger partial charge in [0.1, 0.15) is 0 Å². The van der Waals surface area contributed by atoms with Crippen LogP contribution < -0.4 is 0 Å². The molecule has 1 N–H and O–H groups in total. The zero-order chi connectivity index (χ0) is 15.2. The van der Waals surface area contributed by atoms with E-state index in [1.54, 1.807) is 0 Å². The molecule has 0 heterocycles. The minimum absolute atomic E-state index is 0.0368. The van der Waals surface area contributed by atoms with Crippen LogP contribution in [0.5, 0.6) is 0 Å². The number of fused-ring (bicyclic) bond motifs is 4. The number of aliphatic hydroxyl groups is 1. The van der Waals surface area contributed by atoms with Crippen molar-refractivity contribution in [3.8, 4) is 0 Å². The van der Waals surface area contributed by atoms with E-state index in [1.807, 2.05) is 0 Å². The Labute approximate surface area is 130 Å². The molecule has 0 bridgehead atoms. The van der Waals surface area contributed by atoms with Crippen molar-refractivity contribution in [1.82, 2.24) is 0 Å². The van der Waals surface area contributed by atoms with E-state index in [0.717, 1.165) is 23.7 Å². The molecule has 0 amide bonds. The SMILES string of the molecule is CC(C)C1CC[C@]2(C)CC[C@@]3(C)C[C@H]4C[C@@]4(C)[C@@H](O)[C@@H]3C12. The fraction of sp³-hybridized carbons (Fsp3) is 1.00. The minimum Gasteiger partial charge on any atom is -0.392 e. The maximum Gasteiger partial charge on any atom is 0.0632 e. The summed E-state index contributed by atoms with van der Waals surface area (Å²) in [6.45, 7) is 12.3. The van der Waals surface area contributed by atoms with Gasteiger partial charge in [0, 0.05) is 0 Å². The number of aliphatic hydroxyl groups excluding tert-OH is 1. The summed E-state index contributed by atoms with van der Waals surface area (Å²) in [5.41, 5.74) is 1.20.